The molecule has 0 saturated heterocycles. The summed E-state index contributed by atoms with van der Waals surface area (Å²) < 4.78 is 1.65. The van der Waals surface area contributed by atoms with Crippen LogP contribution in [0.4, 0.5) is 0 Å². The van der Waals surface area contributed by atoms with Gasteiger partial charge in [-0.2, -0.15) is 5.10 Å². The number of nitrogens with one attached hydrogen (secondary N) is 1. The van der Waals surface area contributed by atoms with Crippen molar-refractivity contribution < 1.29 is 4.79 Å². The molecule has 0 aliphatic heterocycles. The quantitative estimate of drug-likeness (QED) is 0.628. The number of aromatic nitrogens is 3. The third-order valence-corrected chi connectivity index (χ3v) is 3.48. The van der Waals surface area contributed by atoms with E-state index in [4.69, 9.17) is 0 Å². The minimum atomic E-state index is -0.0801. The predicted molar refractivity (Wildman–Crippen MR) is 77.6 cm³/mol. The summed E-state index contributed by atoms with van der Waals surface area (Å²) in [6.45, 7) is 0.707. The highest BCUT2D eigenvalue weighted by Gasteiger charge is 2.11. The van der Waals surface area contributed by atoms with Crippen LogP contribution in [-0.4, -0.2) is 32.4 Å². The van der Waals surface area contributed by atoms with E-state index in [1.54, 1.807) is 29.3 Å². The summed E-state index contributed by atoms with van der Waals surface area (Å²) in [7, 11) is 0. The molecule has 2 aromatic rings. The molecule has 2 aromatic heterocycles. The van der Waals surface area contributed by atoms with Crippen molar-refractivity contribution in [3.05, 3.63) is 30.4 Å². The summed E-state index contributed by atoms with van der Waals surface area (Å²) in [5.41, 5.74) is 1.31. The normalized spacial score (nSPS) is 10.8. The average Bonchev–Trinajstić information content (AvgIpc) is 2.86. The number of hydrogen-bond donors (Lipinski definition) is 1. The Morgan fingerprint density at radius 3 is 2.95 bits per heavy atom. The van der Waals surface area contributed by atoms with Gasteiger partial charge in [-0.3, -0.25) is 9.78 Å². The van der Waals surface area contributed by atoms with Crippen LogP contribution in [0.25, 0.3) is 5.52 Å². The lowest BCUT2D eigenvalue weighted by Crippen LogP contribution is -2.24. The van der Waals surface area contributed by atoms with E-state index < -0.39 is 0 Å². The maximum Gasteiger partial charge on any atom is 0.255 e. The van der Waals surface area contributed by atoms with Crippen LogP contribution in [0.1, 0.15) is 36.0 Å². The summed E-state index contributed by atoms with van der Waals surface area (Å²) in [5, 5.41) is 8.09. The van der Waals surface area contributed by atoms with Crippen molar-refractivity contribution in [3.8, 4) is 0 Å². The van der Waals surface area contributed by atoms with Crippen LogP contribution in [0.3, 0.4) is 0 Å². The first-order valence-electron chi connectivity index (χ1n) is 6.44. The number of alkyl halides is 1. The predicted octanol–water partition coefficient (Wildman–Crippen LogP) is 2.41. The zero-order valence-corrected chi connectivity index (χ0v) is 12.3. The fourth-order valence-corrected chi connectivity index (χ4v) is 2.28. The van der Waals surface area contributed by atoms with E-state index >= 15 is 0 Å². The molecule has 0 bridgehead atoms. The first-order valence-corrected chi connectivity index (χ1v) is 7.56. The van der Waals surface area contributed by atoms with E-state index in [0.717, 1.165) is 23.7 Å². The van der Waals surface area contributed by atoms with Crippen molar-refractivity contribution in [3.63, 3.8) is 0 Å². The fraction of sp³-hybridized carbons (Fsp3) is 0.462. The lowest BCUT2D eigenvalue weighted by atomic mass is 10.2. The van der Waals surface area contributed by atoms with Crippen LogP contribution < -0.4 is 5.32 Å². The molecule has 0 aliphatic carbocycles. The van der Waals surface area contributed by atoms with Crippen molar-refractivity contribution in [2.45, 2.75) is 25.7 Å². The second kappa shape index (κ2) is 7.23. The highest BCUT2D eigenvalue weighted by molar-refractivity contribution is 9.09. The van der Waals surface area contributed by atoms with E-state index in [0.29, 0.717) is 12.1 Å². The first-order chi connectivity index (χ1) is 9.33. The van der Waals surface area contributed by atoms with Crippen LogP contribution in [0, 0.1) is 0 Å². The van der Waals surface area contributed by atoms with Crippen molar-refractivity contribution in [1.82, 2.24) is 19.9 Å². The monoisotopic (exact) mass is 324 g/mol. The van der Waals surface area contributed by atoms with Gasteiger partial charge in [0.25, 0.3) is 5.91 Å². The molecule has 0 radical (unpaired) electrons. The molecule has 2 heterocycles. The van der Waals surface area contributed by atoms with Crippen molar-refractivity contribution in [2.75, 3.05) is 11.9 Å². The van der Waals surface area contributed by atoms with Gasteiger partial charge in [0.2, 0.25) is 0 Å². The number of carbonyl (C=O) groups is 1. The zero-order chi connectivity index (χ0) is 13.5. The molecule has 5 nitrogen and oxygen atoms in total. The number of halogens is 1. The number of unbranched alkanes of at least 4 members (excludes halogenated alkanes) is 3. The third-order valence-electron chi connectivity index (χ3n) is 2.92. The maximum absolute atomic E-state index is 12.0. The summed E-state index contributed by atoms with van der Waals surface area (Å²) in [5.74, 6) is -0.0801. The molecule has 1 amide bonds. The highest BCUT2D eigenvalue weighted by atomic mass is 79.9. The molecule has 0 fully saturated rings. The Kier molecular flexibility index (Phi) is 5.32. The van der Waals surface area contributed by atoms with Crippen LogP contribution in [0.15, 0.2) is 24.8 Å². The number of carbonyl (C=O) groups excluding carboxylic acids is 1. The summed E-state index contributed by atoms with van der Waals surface area (Å²) in [4.78, 5) is 16.0. The molecule has 0 aliphatic rings. The van der Waals surface area contributed by atoms with Crippen molar-refractivity contribution in [1.29, 1.82) is 0 Å². The molecule has 0 saturated carbocycles. The van der Waals surface area contributed by atoms with E-state index in [2.05, 4.69) is 31.3 Å². The molecular weight excluding hydrogens is 308 g/mol. The van der Waals surface area contributed by atoms with E-state index in [1.165, 1.54) is 12.8 Å². The summed E-state index contributed by atoms with van der Waals surface area (Å²) >= 11 is 3.41. The molecule has 19 heavy (non-hydrogen) atoms. The molecule has 1 N–H and O–H groups in total. The molecule has 2 rings (SSSR count). The minimum Gasteiger partial charge on any atom is -0.352 e. The molecular formula is C13H17BrN4O. The van der Waals surface area contributed by atoms with E-state index in [9.17, 15) is 4.79 Å². The molecule has 102 valence electrons. The average molecular weight is 325 g/mol. The van der Waals surface area contributed by atoms with E-state index in [1.807, 2.05) is 0 Å². The molecule has 6 heteroatoms. The maximum atomic E-state index is 12.0. The largest absolute Gasteiger partial charge is 0.352 e. The lowest BCUT2D eigenvalue weighted by Gasteiger charge is -2.03. The summed E-state index contributed by atoms with van der Waals surface area (Å²) in [6, 6.07) is 0. The van der Waals surface area contributed by atoms with Crippen LogP contribution in [0.5, 0.6) is 0 Å². The topological polar surface area (TPSA) is 59.3 Å². The van der Waals surface area contributed by atoms with Crippen LogP contribution in [0.2, 0.25) is 0 Å². The molecule has 0 spiro atoms. The standard InChI is InChI=1S/C13H17BrN4O/c14-5-3-1-2-4-6-16-13(19)11-9-17-18-8-7-15-10-12(11)18/h7-10H,1-6H2,(H,16,19). The minimum absolute atomic E-state index is 0.0801. The third kappa shape index (κ3) is 3.76. The van der Waals surface area contributed by atoms with Gasteiger partial charge in [0.1, 0.15) is 0 Å². The number of fused-ring (bicyclic) bond motifs is 1. The van der Waals surface area contributed by atoms with Gasteiger partial charge < -0.3 is 5.32 Å². The van der Waals surface area contributed by atoms with Gasteiger partial charge in [0, 0.05) is 24.3 Å². The van der Waals surface area contributed by atoms with Gasteiger partial charge in [-0.05, 0) is 12.8 Å². The van der Waals surface area contributed by atoms with Gasteiger partial charge in [0.15, 0.2) is 0 Å². The first kappa shape index (κ1) is 14.0. The Balaban J connectivity index is 1.83. The Morgan fingerprint density at radius 2 is 2.11 bits per heavy atom. The number of amides is 1. The Hall–Kier alpha value is -1.43. The molecule has 0 aromatic carbocycles. The number of rotatable bonds is 7. The van der Waals surface area contributed by atoms with E-state index in [-0.39, 0.29) is 5.91 Å². The van der Waals surface area contributed by atoms with Crippen molar-refractivity contribution in [2.24, 2.45) is 0 Å². The SMILES string of the molecule is O=C(NCCCCCCBr)c1cnn2ccncc12. The van der Waals surface area contributed by atoms with Gasteiger partial charge in [-0.15, -0.1) is 0 Å². The smallest absolute Gasteiger partial charge is 0.255 e. The molecule has 0 unspecified atom stereocenters. The van der Waals surface area contributed by atoms with Gasteiger partial charge in [0.05, 0.1) is 23.5 Å². The lowest BCUT2D eigenvalue weighted by molar-refractivity contribution is 0.0954. The van der Waals surface area contributed by atoms with Crippen LogP contribution in [-0.2, 0) is 0 Å². The number of hydrogen-bond acceptors (Lipinski definition) is 3. The number of nitrogens with zero attached hydrogens (tertiary/aromatic N) is 3. The zero-order valence-electron chi connectivity index (χ0n) is 10.7. The second-order valence-electron chi connectivity index (χ2n) is 4.32. The fourth-order valence-electron chi connectivity index (χ4n) is 1.88. The second-order valence-corrected chi connectivity index (χ2v) is 5.12. The Labute approximate surface area is 120 Å². The van der Waals surface area contributed by atoms with Crippen molar-refractivity contribution >= 4 is 27.4 Å². The van der Waals surface area contributed by atoms with Crippen LogP contribution >= 0.6 is 15.9 Å². The Bertz CT molecular complexity index is 540. The Morgan fingerprint density at radius 1 is 1.26 bits per heavy atom. The highest BCUT2D eigenvalue weighted by Crippen LogP contribution is 2.08. The van der Waals surface area contributed by atoms with Gasteiger partial charge in [-0.25, -0.2) is 4.52 Å². The van der Waals surface area contributed by atoms with Gasteiger partial charge in [-0.1, -0.05) is 28.8 Å². The van der Waals surface area contributed by atoms with Gasteiger partial charge >= 0.3 is 0 Å². The summed E-state index contributed by atoms with van der Waals surface area (Å²) in [6.07, 6.45) is 11.1. The molecule has 0 atom stereocenters.